The molecule has 0 radical (unpaired) electrons. The van der Waals surface area contributed by atoms with Gasteiger partial charge in [-0.15, -0.1) is 0 Å². The summed E-state index contributed by atoms with van der Waals surface area (Å²) in [6.07, 6.45) is -3.10. The van der Waals surface area contributed by atoms with Gasteiger partial charge in [0.05, 0.1) is 17.3 Å². The Kier molecular flexibility index (Phi) is 6.09. The summed E-state index contributed by atoms with van der Waals surface area (Å²) in [4.78, 5) is 35.4. The number of fused-ring (bicyclic) bond motifs is 2. The van der Waals surface area contributed by atoms with Gasteiger partial charge in [-0.05, 0) is 55.7 Å². The lowest BCUT2D eigenvalue weighted by molar-refractivity contribution is -0.141. The minimum absolute atomic E-state index is 0.0812. The fraction of sp³-hybridized carbons (Fsp3) is 0.259. The Hall–Kier alpha value is -4.41. The Morgan fingerprint density at radius 1 is 1.08 bits per heavy atom. The van der Waals surface area contributed by atoms with Crippen molar-refractivity contribution in [3.8, 4) is 0 Å². The van der Waals surface area contributed by atoms with E-state index in [0.717, 1.165) is 28.8 Å². The summed E-state index contributed by atoms with van der Waals surface area (Å²) >= 11 is 0. The smallest absolute Gasteiger partial charge is 0.433 e. The van der Waals surface area contributed by atoms with E-state index < -0.39 is 29.6 Å². The molecule has 11 heteroatoms. The summed E-state index contributed by atoms with van der Waals surface area (Å²) in [5.74, 6) is -1.05. The summed E-state index contributed by atoms with van der Waals surface area (Å²) in [5.41, 5.74) is 2.15. The van der Waals surface area contributed by atoms with E-state index in [-0.39, 0.29) is 11.2 Å². The molecule has 8 nitrogen and oxygen atoms in total. The van der Waals surface area contributed by atoms with Crippen molar-refractivity contribution in [1.82, 2.24) is 14.4 Å². The molecular weight excluding hydrogens is 499 g/mol. The molecule has 3 aromatic heterocycles. The molecule has 0 bridgehead atoms. The van der Waals surface area contributed by atoms with E-state index in [2.05, 4.69) is 10.3 Å². The number of rotatable bonds is 5. The van der Waals surface area contributed by atoms with Crippen molar-refractivity contribution in [2.24, 2.45) is 0 Å². The lowest BCUT2D eigenvalue weighted by atomic mass is 10.1. The Morgan fingerprint density at radius 3 is 2.34 bits per heavy atom. The van der Waals surface area contributed by atoms with Crippen LogP contribution in [0, 0.1) is 13.8 Å². The molecule has 4 heterocycles. The zero-order valence-electron chi connectivity index (χ0n) is 20.8. The van der Waals surface area contributed by atoms with E-state index in [1.807, 2.05) is 42.2 Å². The first kappa shape index (κ1) is 25.2. The zero-order chi connectivity index (χ0) is 27.4. The second-order valence-corrected chi connectivity index (χ2v) is 9.42. The van der Waals surface area contributed by atoms with Gasteiger partial charge >= 0.3 is 12.1 Å². The molecular formula is C27H24F3N5O3. The quantitative estimate of drug-likeness (QED) is 0.375. The number of benzene rings is 1. The van der Waals surface area contributed by atoms with Crippen LogP contribution in [0.25, 0.3) is 5.65 Å². The van der Waals surface area contributed by atoms with E-state index in [0.29, 0.717) is 35.7 Å². The predicted octanol–water partition coefficient (Wildman–Crippen LogP) is 5.12. The summed E-state index contributed by atoms with van der Waals surface area (Å²) in [6, 6.07) is 11.0. The van der Waals surface area contributed by atoms with Crippen LogP contribution in [0.4, 0.5) is 24.7 Å². The van der Waals surface area contributed by atoms with Crippen LogP contribution in [-0.2, 0) is 19.3 Å². The first-order valence-electron chi connectivity index (χ1n) is 11.9. The van der Waals surface area contributed by atoms with E-state index in [1.54, 1.807) is 20.0 Å². The third-order valence-electron chi connectivity index (χ3n) is 6.66. The predicted molar refractivity (Wildman–Crippen MR) is 136 cm³/mol. The van der Waals surface area contributed by atoms with E-state index >= 15 is 0 Å². The Morgan fingerprint density at radius 2 is 1.74 bits per heavy atom. The maximum Gasteiger partial charge on any atom is 0.433 e. The van der Waals surface area contributed by atoms with Crippen LogP contribution in [0.3, 0.4) is 0 Å². The van der Waals surface area contributed by atoms with Gasteiger partial charge in [0.2, 0.25) is 0 Å². The first-order valence-corrected chi connectivity index (χ1v) is 11.9. The van der Waals surface area contributed by atoms with Gasteiger partial charge in [-0.25, -0.2) is 14.8 Å². The van der Waals surface area contributed by atoms with Crippen LogP contribution in [-0.4, -0.2) is 25.4 Å². The van der Waals surface area contributed by atoms with Gasteiger partial charge in [0.15, 0.2) is 5.69 Å². The van der Waals surface area contributed by atoms with E-state index in [9.17, 15) is 27.9 Å². The summed E-state index contributed by atoms with van der Waals surface area (Å²) < 4.78 is 40.8. The molecule has 0 fully saturated rings. The minimum Gasteiger partial charge on any atom is -0.476 e. The number of pyridine rings is 2. The SMILES string of the molecule is Cc1cc(C(C)Nc2ccc(C(F)(F)F)nc2C(=O)O)c2nc(N3Cc4ccccc4C3)c(C)c(=O)n2c1. The van der Waals surface area contributed by atoms with E-state index in [1.165, 1.54) is 4.40 Å². The molecule has 1 aliphatic rings. The number of halogens is 3. The molecule has 5 rings (SSSR count). The number of carboxylic acids is 1. The normalized spacial score (nSPS) is 14.0. The van der Waals surface area contributed by atoms with E-state index in [4.69, 9.17) is 4.98 Å². The first-order chi connectivity index (χ1) is 17.9. The fourth-order valence-electron chi connectivity index (χ4n) is 4.80. The Labute approximate surface area is 215 Å². The zero-order valence-corrected chi connectivity index (χ0v) is 20.8. The largest absolute Gasteiger partial charge is 0.476 e. The van der Waals surface area contributed by atoms with Crippen molar-refractivity contribution in [2.45, 2.75) is 46.1 Å². The summed E-state index contributed by atoms with van der Waals surface area (Å²) in [5, 5.41) is 12.5. The highest BCUT2D eigenvalue weighted by molar-refractivity contribution is 5.92. The molecule has 4 aromatic rings. The molecule has 1 unspecified atom stereocenters. The lowest BCUT2D eigenvalue weighted by Gasteiger charge is -2.23. The van der Waals surface area contributed by atoms with Crippen molar-refractivity contribution in [3.05, 3.63) is 98.2 Å². The minimum atomic E-state index is -4.78. The number of aromatic carboxylic acids is 1. The van der Waals surface area contributed by atoms with Crippen LogP contribution in [0.1, 0.15) is 57.0 Å². The Bertz CT molecular complexity index is 1620. The van der Waals surface area contributed by atoms with Gasteiger partial charge < -0.3 is 15.3 Å². The molecule has 1 aliphatic heterocycles. The van der Waals surface area contributed by atoms with Gasteiger partial charge in [-0.2, -0.15) is 13.2 Å². The van der Waals surface area contributed by atoms with Crippen molar-refractivity contribution in [3.63, 3.8) is 0 Å². The highest BCUT2D eigenvalue weighted by atomic mass is 19.4. The molecule has 0 spiro atoms. The number of hydrogen-bond acceptors (Lipinski definition) is 6. The number of aromatic nitrogens is 3. The number of carboxylic acid groups (broad SMARTS) is 1. The molecule has 0 saturated carbocycles. The molecule has 0 saturated heterocycles. The van der Waals surface area contributed by atoms with Crippen molar-refractivity contribution < 1.29 is 23.1 Å². The number of anilines is 2. The molecule has 0 amide bonds. The fourth-order valence-corrected chi connectivity index (χ4v) is 4.80. The third-order valence-corrected chi connectivity index (χ3v) is 6.66. The average Bonchev–Trinajstić information content (AvgIpc) is 3.29. The Balaban J connectivity index is 1.58. The summed E-state index contributed by atoms with van der Waals surface area (Å²) in [6.45, 7) is 6.47. The van der Waals surface area contributed by atoms with Gasteiger partial charge in [0.1, 0.15) is 17.2 Å². The second-order valence-electron chi connectivity index (χ2n) is 9.42. The van der Waals surface area contributed by atoms with Gasteiger partial charge in [0, 0.05) is 24.8 Å². The van der Waals surface area contributed by atoms with Crippen LogP contribution >= 0.6 is 0 Å². The maximum absolute atomic E-state index is 13.4. The van der Waals surface area contributed by atoms with Crippen LogP contribution in [0.5, 0.6) is 0 Å². The monoisotopic (exact) mass is 523 g/mol. The molecule has 1 atom stereocenters. The maximum atomic E-state index is 13.4. The third kappa shape index (κ3) is 4.44. The molecule has 38 heavy (non-hydrogen) atoms. The van der Waals surface area contributed by atoms with Gasteiger partial charge in [-0.1, -0.05) is 24.3 Å². The van der Waals surface area contributed by atoms with Crippen molar-refractivity contribution in [1.29, 1.82) is 0 Å². The topological polar surface area (TPSA) is 99.8 Å². The number of hydrogen-bond donors (Lipinski definition) is 2. The highest BCUT2D eigenvalue weighted by Crippen LogP contribution is 2.32. The van der Waals surface area contributed by atoms with Crippen LogP contribution in [0.15, 0.2) is 53.5 Å². The van der Waals surface area contributed by atoms with Crippen molar-refractivity contribution in [2.75, 3.05) is 10.2 Å². The number of nitrogens with zero attached hydrogens (tertiary/aromatic N) is 4. The lowest BCUT2D eigenvalue weighted by Crippen LogP contribution is -2.27. The summed E-state index contributed by atoms with van der Waals surface area (Å²) in [7, 11) is 0. The average molecular weight is 524 g/mol. The second kappa shape index (κ2) is 9.16. The standard InChI is InChI=1S/C27H24F3N5O3/c1-14-10-19(16(3)31-20-8-9-21(27(28,29)30)32-22(20)26(37)38)24-33-23(15(2)25(36)35(24)11-14)34-12-17-6-4-5-7-18(17)13-34/h4-11,16,31H,12-13H2,1-3H3,(H,37,38). The molecule has 196 valence electrons. The number of alkyl halides is 3. The number of carbonyl (C=O) groups is 1. The van der Waals surface area contributed by atoms with Gasteiger partial charge in [0.25, 0.3) is 5.56 Å². The number of aryl methyl sites for hydroxylation is 1. The molecule has 1 aromatic carbocycles. The molecule has 0 aliphatic carbocycles. The van der Waals surface area contributed by atoms with Crippen LogP contribution in [0.2, 0.25) is 0 Å². The molecule has 2 N–H and O–H groups in total. The highest BCUT2D eigenvalue weighted by Gasteiger charge is 2.34. The van der Waals surface area contributed by atoms with Crippen LogP contribution < -0.4 is 15.8 Å². The van der Waals surface area contributed by atoms with Crippen molar-refractivity contribution >= 4 is 23.1 Å². The van der Waals surface area contributed by atoms with Gasteiger partial charge in [-0.3, -0.25) is 9.20 Å². The number of nitrogens with one attached hydrogen (secondary N) is 1.